The van der Waals surface area contributed by atoms with Crippen molar-refractivity contribution in [2.75, 3.05) is 13.2 Å². The Labute approximate surface area is 198 Å². The molecule has 0 saturated heterocycles. The summed E-state index contributed by atoms with van der Waals surface area (Å²) >= 11 is 0. The molecule has 0 heterocycles. The molecule has 34 heavy (non-hydrogen) atoms. The number of nitrogens with zero attached hydrogens (tertiary/aromatic N) is 2. The first kappa shape index (κ1) is 26.2. The third-order valence-corrected chi connectivity index (χ3v) is 4.50. The average Bonchev–Trinajstić information content (AvgIpc) is 2.82. The van der Waals surface area contributed by atoms with Crippen molar-refractivity contribution >= 4 is 24.2 Å². The minimum atomic E-state index is -0.306. The number of ether oxygens (including phenoxy) is 2. The molecule has 0 unspecified atom stereocenters. The normalized spacial score (nSPS) is 11.0. The summed E-state index contributed by atoms with van der Waals surface area (Å²) in [5.41, 5.74) is 5.62. The Morgan fingerprint density at radius 1 is 0.794 bits per heavy atom. The highest BCUT2D eigenvalue weighted by Gasteiger charge is 2.08. The second kappa shape index (κ2) is 14.1. The van der Waals surface area contributed by atoms with E-state index in [0.717, 1.165) is 0 Å². The molecule has 10 heteroatoms. The van der Waals surface area contributed by atoms with Crippen LogP contribution in [0.4, 0.5) is 0 Å². The van der Waals surface area contributed by atoms with Gasteiger partial charge in [0.1, 0.15) is 0 Å². The molecular weight excluding hydrogens is 440 g/mol. The molecule has 0 aliphatic carbocycles. The zero-order chi connectivity index (χ0) is 24.8. The van der Waals surface area contributed by atoms with Gasteiger partial charge in [0.2, 0.25) is 11.8 Å². The summed E-state index contributed by atoms with van der Waals surface area (Å²) in [6, 6.07) is 9.99. The predicted molar refractivity (Wildman–Crippen MR) is 128 cm³/mol. The topological polar surface area (TPSA) is 142 Å². The number of para-hydroxylation sites is 2. The van der Waals surface area contributed by atoms with Crippen LogP contribution in [0.1, 0.15) is 50.7 Å². The van der Waals surface area contributed by atoms with E-state index in [-0.39, 0.29) is 36.2 Å². The van der Waals surface area contributed by atoms with Crippen molar-refractivity contribution in [3.63, 3.8) is 0 Å². The number of hydrogen-bond donors (Lipinski definition) is 4. The van der Waals surface area contributed by atoms with E-state index in [0.29, 0.717) is 48.7 Å². The van der Waals surface area contributed by atoms with E-state index >= 15 is 0 Å². The van der Waals surface area contributed by atoms with Gasteiger partial charge >= 0.3 is 0 Å². The number of hydrazone groups is 2. The molecule has 0 aliphatic rings. The fraction of sp³-hybridized carbons (Fsp3) is 0.333. The molecule has 2 aromatic rings. The van der Waals surface area contributed by atoms with Gasteiger partial charge in [-0.25, -0.2) is 10.9 Å². The van der Waals surface area contributed by atoms with Crippen molar-refractivity contribution in [3.05, 3.63) is 47.5 Å². The standard InChI is InChI=1S/C24H30N4O6/c1-3-33-19-11-7-9-17(23(19)31)15-25-27-21(29)13-5-6-14-22(30)28-26-16-18-10-8-12-20(24(18)32)34-4-2/h7-12,15-16,31-32H,3-6,13-14H2,1-2H3,(H,27,29)(H,28,30). The van der Waals surface area contributed by atoms with Gasteiger partial charge in [-0.2, -0.15) is 10.2 Å². The summed E-state index contributed by atoms with van der Waals surface area (Å²) in [6.07, 6.45) is 4.03. The van der Waals surface area contributed by atoms with Gasteiger partial charge in [0, 0.05) is 24.0 Å². The molecule has 2 rings (SSSR count). The Hall–Kier alpha value is -4.08. The van der Waals surface area contributed by atoms with Crippen molar-refractivity contribution in [3.8, 4) is 23.0 Å². The number of rotatable bonds is 13. The van der Waals surface area contributed by atoms with E-state index in [2.05, 4.69) is 21.1 Å². The molecule has 0 spiro atoms. The van der Waals surface area contributed by atoms with Gasteiger partial charge in [0.05, 0.1) is 25.6 Å². The Bertz CT molecular complexity index is 941. The van der Waals surface area contributed by atoms with Crippen LogP contribution in [0, 0.1) is 0 Å². The van der Waals surface area contributed by atoms with E-state index in [4.69, 9.17) is 9.47 Å². The second-order valence-corrected chi connectivity index (χ2v) is 7.05. The number of benzene rings is 2. The maximum atomic E-state index is 11.9. The first-order valence-electron chi connectivity index (χ1n) is 11.0. The van der Waals surface area contributed by atoms with Gasteiger partial charge < -0.3 is 19.7 Å². The maximum absolute atomic E-state index is 11.9. The van der Waals surface area contributed by atoms with Gasteiger partial charge in [-0.05, 0) is 51.0 Å². The number of nitrogens with one attached hydrogen (secondary N) is 2. The fourth-order valence-electron chi connectivity index (χ4n) is 2.86. The number of aromatic hydroxyl groups is 2. The summed E-state index contributed by atoms with van der Waals surface area (Å²) < 4.78 is 10.6. The van der Waals surface area contributed by atoms with Crippen molar-refractivity contribution in [1.29, 1.82) is 0 Å². The van der Waals surface area contributed by atoms with E-state index in [1.54, 1.807) is 36.4 Å². The van der Waals surface area contributed by atoms with E-state index < -0.39 is 0 Å². The molecule has 0 saturated carbocycles. The van der Waals surface area contributed by atoms with Crippen LogP contribution in [0.15, 0.2) is 46.6 Å². The number of carbonyl (C=O) groups excluding carboxylic acids is 2. The van der Waals surface area contributed by atoms with Crippen LogP contribution in [0.25, 0.3) is 0 Å². The predicted octanol–water partition coefficient (Wildman–Crippen LogP) is 3.06. The lowest BCUT2D eigenvalue weighted by atomic mass is 10.2. The summed E-state index contributed by atoms with van der Waals surface area (Å²) in [6.45, 7) is 4.46. The summed E-state index contributed by atoms with van der Waals surface area (Å²) in [7, 11) is 0. The van der Waals surface area contributed by atoms with Gasteiger partial charge in [0.15, 0.2) is 23.0 Å². The smallest absolute Gasteiger partial charge is 0.240 e. The average molecular weight is 471 g/mol. The van der Waals surface area contributed by atoms with Gasteiger partial charge in [-0.3, -0.25) is 9.59 Å². The van der Waals surface area contributed by atoms with Crippen molar-refractivity contribution < 1.29 is 29.3 Å². The number of phenolic OH excluding ortho intramolecular Hbond substituents is 2. The molecule has 0 aliphatic heterocycles. The molecule has 182 valence electrons. The molecular formula is C24H30N4O6. The van der Waals surface area contributed by atoms with Crippen LogP contribution in [0.3, 0.4) is 0 Å². The molecule has 10 nitrogen and oxygen atoms in total. The molecule has 2 amide bonds. The highest BCUT2D eigenvalue weighted by Crippen LogP contribution is 2.29. The van der Waals surface area contributed by atoms with Crippen molar-refractivity contribution in [1.82, 2.24) is 10.9 Å². The summed E-state index contributed by atoms with van der Waals surface area (Å²) in [4.78, 5) is 23.8. The number of phenols is 2. The first-order chi connectivity index (χ1) is 16.5. The minimum absolute atomic E-state index is 0.0479. The first-order valence-corrected chi connectivity index (χ1v) is 11.0. The van der Waals surface area contributed by atoms with Crippen LogP contribution in [-0.2, 0) is 9.59 Å². The molecule has 0 atom stereocenters. The maximum Gasteiger partial charge on any atom is 0.240 e. The van der Waals surface area contributed by atoms with Crippen molar-refractivity contribution in [2.24, 2.45) is 10.2 Å². The van der Waals surface area contributed by atoms with E-state index in [9.17, 15) is 19.8 Å². The van der Waals surface area contributed by atoms with Crippen LogP contribution in [0.2, 0.25) is 0 Å². The number of unbranched alkanes of at least 4 members (excludes halogenated alkanes) is 1. The van der Waals surface area contributed by atoms with Gasteiger partial charge in [0.25, 0.3) is 0 Å². The summed E-state index contributed by atoms with van der Waals surface area (Å²) in [5, 5.41) is 27.9. The Kier molecular flexibility index (Phi) is 10.9. The zero-order valence-electron chi connectivity index (χ0n) is 19.3. The minimum Gasteiger partial charge on any atom is -0.504 e. The fourth-order valence-corrected chi connectivity index (χ4v) is 2.86. The largest absolute Gasteiger partial charge is 0.504 e. The Morgan fingerprint density at radius 2 is 1.21 bits per heavy atom. The SMILES string of the molecule is CCOc1cccc(C=NNC(=O)CCCCC(=O)NN=Cc2cccc(OCC)c2O)c1O. The monoisotopic (exact) mass is 470 g/mol. The molecule has 0 fully saturated rings. The van der Waals surface area contributed by atoms with E-state index in [1.165, 1.54) is 12.4 Å². The Balaban J connectivity index is 1.68. The Morgan fingerprint density at radius 3 is 1.59 bits per heavy atom. The van der Waals surface area contributed by atoms with Gasteiger partial charge in [-0.1, -0.05) is 12.1 Å². The second-order valence-electron chi connectivity index (χ2n) is 7.05. The third-order valence-electron chi connectivity index (χ3n) is 4.50. The van der Waals surface area contributed by atoms with Gasteiger partial charge in [-0.15, -0.1) is 0 Å². The number of hydrogen-bond acceptors (Lipinski definition) is 8. The number of amides is 2. The summed E-state index contributed by atoms with van der Waals surface area (Å²) in [5.74, 6) is -0.0199. The van der Waals surface area contributed by atoms with Crippen LogP contribution < -0.4 is 20.3 Å². The van der Waals surface area contributed by atoms with Crippen LogP contribution in [0.5, 0.6) is 23.0 Å². The van der Waals surface area contributed by atoms with Crippen LogP contribution >= 0.6 is 0 Å². The lowest BCUT2D eigenvalue weighted by molar-refractivity contribution is -0.123. The quantitative estimate of drug-likeness (QED) is 0.201. The highest BCUT2D eigenvalue weighted by atomic mass is 16.5. The molecule has 2 aromatic carbocycles. The molecule has 4 N–H and O–H groups in total. The highest BCUT2D eigenvalue weighted by molar-refractivity contribution is 5.87. The lowest BCUT2D eigenvalue weighted by Gasteiger charge is -2.07. The van der Waals surface area contributed by atoms with Crippen molar-refractivity contribution in [2.45, 2.75) is 39.5 Å². The van der Waals surface area contributed by atoms with E-state index in [1.807, 2.05) is 13.8 Å². The molecule has 0 radical (unpaired) electrons. The third kappa shape index (κ3) is 8.45. The number of carbonyl (C=O) groups is 2. The lowest BCUT2D eigenvalue weighted by Crippen LogP contribution is -2.19. The zero-order valence-corrected chi connectivity index (χ0v) is 19.3. The van der Waals surface area contributed by atoms with Crippen LogP contribution in [-0.4, -0.2) is 47.7 Å². The molecule has 0 aromatic heterocycles. The molecule has 0 bridgehead atoms.